The summed E-state index contributed by atoms with van der Waals surface area (Å²) in [6, 6.07) is 3.95. The molecule has 1 rings (SSSR count). The fourth-order valence-electron chi connectivity index (χ4n) is 1.11. The summed E-state index contributed by atoms with van der Waals surface area (Å²) < 4.78 is 5.47. The lowest BCUT2D eigenvalue weighted by Gasteiger charge is -2.04. The molecule has 13 heavy (non-hydrogen) atoms. The van der Waals surface area contributed by atoms with Gasteiger partial charge in [0.05, 0.1) is 12.6 Å². The van der Waals surface area contributed by atoms with Gasteiger partial charge >= 0.3 is 0 Å². The summed E-state index contributed by atoms with van der Waals surface area (Å²) in [5.74, 6) is 1.94. The average Bonchev–Trinajstić information content (AvgIpc) is 2.52. The van der Waals surface area contributed by atoms with Crippen LogP contribution in [0.3, 0.4) is 0 Å². The topological polar surface area (TPSA) is 45.4 Å². The van der Waals surface area contributed by atoms with Crippen molar-refractivity contribution in [2.24, 2.45) is 0 Å². The molecule has 0 bridgehead atoms. The van der Waals surface area contributed by atoms with Crippen LogP contribution >= 0.6 is 0 Å². The first-order chi connectivity index (χ1) is 6.22. The van der Waals surface area contributed by atoms with Crippen molar-refractivity contribution in [2.45, 2.75) is 32.9 Å². The molecule has 1 heterocycles. The highest BCUT2D eigenvalue weighted by Gasteiger charge is 2.00. The summed E-state index contributed by atoms with van der Waals surface area (Å²) in [6.07, 6.45) is 0.622. The first-order valence-corrected chi connectivity index (χ1v) is 4.68. The van der Waals surface area contributed by atoms with Crippen LogP contribution in [0.15, 0.2) is 16.5 Å². The number of nitrogens with one attached hydrogen (secondary N) is 1. The second-order valence-electron chi connectivity index (χ2n) is 3.20. The van der Waals surface area contributed by atoms with Crippen LogP contribution in [0.4, 0.5) is 0 Å². The number of aryl methyl sites for hydroxylation is 1. The van der Waals surface area contributed by atoms with Crippen LogP contribution in [-0.2, 0) is 13.0 Å². The average molecular weight is 183 g/mol. The maximum Gasteiger partial charge on any atom is 0.117 e. The Kier molecular flexibility index (Phi) is 3.99. The molecule has 0 aliphatic carbocycles. The van der Waals surface area contributed by atoms with Crippen LogP contribution in [-0.4, -0.2) is 17.8 Å². The molecule has 0 amide bonds. The van der Waals surface area contributed by atoms with Crippen LogP contribution in [0.2, 0.25) is 0 Å². The zero-order valence-corrected chi connectivity index (χ0v) is 8.21. The lowest BCUT2D eigenvalue weighted by molar-refractivity contribution is 0.190. The van der Waals surface area contributed by atoms with Gasteiger partial charge in [0.1, 0.15) is 11.5 Å². The Labute approximate surface area is 78.8 Å². The zero-order valence-electron chi connectivity index (χ0n) is 8.21. The normalized spacial score (nSPS) is 13.2. The van der Waals surface area contributed by atoms with Crippen molar-refractivity contribution in [1.29, 1.82) is 0 Å². The van der Waals surface area contributed by atoms with Gasteiger partial charge in [0, 0.05) is 13.0 Å². The maximum absolute atomic E-state index is 8.99. The molecule has 0 aromatic carbocycles. The molecule has 1 aromatic rings. The Morgan fingerprint density at radius 1 is 1.46 bits per heavy atom. The van der Waals surface area contributed by atoms with E-state index >= 15 is 0 Å². The van der Waals surface area contributed by atoms with Gasteiger partial charge in [-0.05, 0) is 19.1 Å². The van der Waals surface area contributed by atoms with Crippen molar-refractivity contribution in [2.75, 3.05) is 6.54 Å². The summed E-state index contributed by atoms with van der Waals surface area (Å²) in [7, 11) is 0. The first kappa shape index (κ1) is 10.3. The minimum absolute atomic E-state index is 0.305. The van der Waals surface area contributed by atoms with E-state index in [0.29, 0.717) is 13.1 Å². The van der Waals surface area contributed by atoms with Gasteiger partial charge < -0.3 is 14.8 Å². The fourth-order valence-corrected chi connectivity index (χ4v) is 1.11. The molecular weight excluding hydrogens is 166 g/mol. The van der Waals surface area contributed by atoms with Gasteiger partial charge in [0.2, 0.25) is 0 Å². The van der Waals surface area contributed by atoms with Gasteiger partial charge in [-0.25, -0.2) is 0 Å². The number of rotatable bonds is 5. The Bertz CT molecular complexity index is 243. The molecule has 0 radical (unpaired) electrons. The van der Waals surface area contributed by atoms with Crippen LogP contribution in [0, 0.1) is 0 Å². The highest BCUT2D eigenvalue weighted by molar-refractivity contribution is 5.06. The van der Waals surface area contributed by atoms with Crippen LogP contribution < -0.4 is 5.32 Å². The lowest BCUT2D eigenvalue weighted by atomic mass is 10.3. The van der Waals surface area contributed by atoms with Gasteiger partial charge in [-0.2, -0.15) is 0 Å². The summed E-state index contributed by atoms with van der Waals surface area (Å²) in [5, 5.41) is 12.1. The molecule has 0 saturated carbocycles. The Balaban J connectivity index is 2.28. The highest BCUT2D eigenvalue weighted by Crippen LogP contribution is 2.07. The van der Waals surface area contributed by atoms with Crippen LogP contribution in [0.1, 0.15) is 25.4 Å². The van der Waals surface area contributed by atoms with E-state index in [9.17, 15) is 0 Å². The van der Waals surface area contributed by atoms with E-state index < -0.39 is 0 Å². The molecule has 0 aliphatic rings. The molecule has 0 spiro atoms. The van der Waals surface area contributed by atoms with Crippen molar-refractivity contribution in [1.82, 2.24) is 5.32 Å². The third-order valence-electron chi connectivity index (χ3n) is 1.80. The summed E-state index contributed by atoms with van der Waals surface area (Å²) in [5.41, 5.74) is 0. The number of hydrogen-bond donors (Lipinski definition) is 2. The van der Waals surface area contributed by atoms with Crippen molar-refractivity contribution < 1.29 is 9.52 Å². The van der Waals surface area contributed by atoms with E-state index in [1.165, 1.54) is 0 Å². The molecule has 74 valence electrons. The zero-order chi connectivity index (χ0) is 9.68. The molecular formula is C10H17NO2. The predicted molar refractivity (Wildman–Crippen MR) is 51.5 cm³/mol. The molecule has 0 fully saturated rings. The Hall–Kier alpha value is -0.800. The van der Waals surface area contributed by atoms with Crippen LogP contribution in [0.5, 0.6) is 0 Å². The lowest BCUT2D eigenvalue weighted by Crippen LogP contribution is -2.23. The Morgan fingerprint density at radius 3 is 2.69 bits per heavy atom. The van der Waals surface area contributed by atoms with Crippen molar-refractivity contribution >= 4 is 0 Å². The quantitative estimate of drug-likeness (QED) is 0.723. The number of aliphatic hydroxyl groups excluding tert-OH is 1. The summed E-state index contributed by atoms with van der Waals surface area (Å²) >= 11 is 0. The van der Waals surface area contributed by atoms with Gasteiger partial charge in [0.15, 0.2) is 0 Å². The van der Waals surface area contributed by atoms with Gasteiger partial charge in [-0.1, -0.05) is 6.92 Å². The second-order valence-corrected chi connectivity index (χ2v) is 3.20. The van der Waals surface area contributed by atoms with Crippen molar-refractivity contribution in [3.05, 3.63) is 23.7 Å². The molecule has 1 atom stereocenters. The Morgan fingerprint density at radius 2 is 2.15 bits per heavy atom. The highest BCUT2D eigenvalue weighted by atomic mass is 16.3. The van der Waals surface area contributed by atoms with Gasteiger partial charge in [-0.3, -0.25) is 0 Å². The van der Waals surface area contributed by atoms with E-state index in [4.69, 9.17) is 9.52 Å². The summed E-state index contributed by atoms with van der Waals surface area (Å²) in [4.78, 5) is 0. The predicted octanol–water partition coefficient (Wildman–Crippen LogP) is 1.31. The van der Waals surface area contributed by atoms with E-state index in [1.807, 2.05) is 12.1 Å². The van der Waals surface area contributed by atoms with Gasteiger partial charge in [0.25, 0.3) is 0 Å². The summed E-state index contributed by atoms with van der Waals surface area (Å²) in [6.45, 7) is 5.10. The molecule has 0 aliphatic heterocycles. The van der Waals surface area contributed by atoms with E-state index in [1.54, 1.807) is 6.92 Å². The minimum Gasteiger partial charge on any atom is -0.465 e. The molecule has 3 heteroatoms. The minimum atomic E-state index is -0.305. The smallest absolute Gasteiger partial charge is 0.117 e. The largest absolute Gasteiger partial charge is 0.465 e. The molecule has 0 saturated heterocycles. The number of furan rings is 1. The van der Waals surface area contributed by atoms with Crippen molar-refractivity contribution in [3.63, 3.8) is 0 Å². The third-order valence-corrected chi connectivity index (χ3v) is 1.80. The molecule has 1 aromatic heterocycles. The number of aliphatic hydroxyl groups is 1. The van der Waals surface area contributed by atoms with E-state index in [0.717, 1.165) is 17.9 Å². The van der Waals surface area contributed by atoms with Gasteiger partial charge in [-0.15, -0.1) is 0 Å². The third kappa shape index (κ3) is 3.61. The maximum atomic E-state index is 8.99. The van der Waals surface area contributed by atoms with E-state index in [-0.39, 0.29) is 6.10 Å². The first-order valence-electron chi connectivity index (χ1n) is 4.68. The SMILES string of the molecule is CCc1ccc(CNCC(C)O)o1. The number of hydrogen-bond acceptors (Lipinski definition) is 3. The standard InChI is InChI=1S/C10H17NO2/c1-3-9-4-5-10(13-9)7-11-6-8(2)12/h4-5,8,11-12H,3,6-7H2,1-2H3. The monoisotopic (exact) mass is 183 g/mol. The second kappa shape index (κ2) is 5.04. The van der Waals surface area contributed by atoms with E-state index in [2.05, 4.69) is 12.2 Å². The molecule has 3 nitrogen and oxygen atoms in total. The fraction of sp³-hybridized carbons (Fsp3) is 0.600. The molecule has 1 unspecified atom stereocenters. The van der Waals surface area contributed by atoms with Crippen LogP contribution in [0.25, 0.3) is 0 Å². The molecule has 2 N–H and O–H groups in total. The van der Waals surface area contributed by atoms with Crippen molar-refractivity contribution in [3.8, 4) is 0 Å².